The van der Waals surface area contributed by atoms with Crippen LogP contribution in [0.1, 0.15) is 30.9 Å². The first kappa shape index (κ1) is 25.0. The van der Waals surface area contributed by atoms with Gasteiger partial charge in [0, 0.05) is 19.1 Å². The Morgan fingerprint density at radius 3 is 2.66 bits per heavy atom. The van der Waals surface area contributed by atoms with E-state index in [0.29, 0.717) is 24.7 Å². The van der Waals surface area contributed by atoms with Gasteiger partial charge in [0.2, 0.25) is 5.95 Å². The molecule has 1 saturated heterocycles. The maximum atomic E-state index is 14.1. The number of halogens is 1. The zero-order valence-electron chi connectivity index (χ0n) is 20.9. The largest absolute Gasteiger partial charge is 0.341 e. The number of piperidine rings is 1. The van der Waals surface area contributed by atoms with Gasteiger partial charge in [-0.15, -0.1) is 5.92 Å². The van der Waals surface area contributed by atoms with Crippen molar-refractivity contribution in [2.45, 2.75) is 38.9 Å². The van der Waals surface area contributed by atoms with Gasteiger partial charge in [-0.2, -0.15) is 10.2 Å². The number of anilines is 1. The molecular formula is C28H26FN7O2. The minimum atomic E-state index is -0.644. The lowest BCUT2D eigenvalue weighted by molar-refractivity contribution is 0.496. The number of hydrogen-bond donors (Lipinski definition) is 1. The highest BCUT2D eigenvalue weighted by Crippen LogP contribution is 2.24. The smallest absolute Gasteiger partial charge is 0.337 e. The molecule has 2 N–H and O–H groups in total. The van der Waals surface area contributed by atoms with Crippen molar-refractivity contribution in [1.29, 1.82) is 5.26 Å². The fourth-order valence-corrected chi connectivity index (χ4v) is 4.88. The summed E-state index contributed by atoms with van der Waals surface area (Å²) < 4.78 is 18.2. The van der Waals surface area contributed by atoms with E-state index in [9.17, 15) is 19.2 Å². The van der Waals surface area contributed by atoms with E-state index < -0.39 is 17.1 Å². The molecule has 1 unspecified atom stereocenters. The van der Waals surface area contributed by atoms with Crippen molar-refractivity contribution >= 4 is 17.1 Å². The molecule has 1 atom stereocenters. The van der Waals surface area contributed by atoms with Crippen LogP contribution in [0.25, 0.3) is 16.9 Å². The molecule has 1 aliphatic rings. The summed E-state index contributed by atoms with van der Waals surface area (Å²) >= 11 is 0. The van der Waals surface area contributed by atoms with Gasteiger partial charge in [-0.05, 0) is 55.7 Å². The second-order valence-corrected chi connectivity index (χ2v) is 9.20. The highest BCUT2D eigenvalue weighted by Gasteiger charge is 2.27. The molecule has 38 heavy (non-hydrogen) atoms. The Kier molecular flexibility index (Phi) is 6.82. The van der Waals surface area contributed by atoms with E-state index >= 15 is 0 Å². The van der Waals surface area contributed by atoms with E-state index in [4.69, 9.17) is 10.7 Å². The molecular weight excluding hydrogens is 485 g/mol. The fourth-order valence-electron chi connectivity index (χ4n) is 4.88. The molecule has 3 heterocycles. The number of benzene rings is 2. The summed E-state index contributed by atoms with van der Waals surface area (Å²) in [7, 11) is 0. The van der Waals surface area contributed by atoms with Gasteiger partial charge in [-0.3, -0.25) is 13.9 Å². The number of fused-ring (bicyclic) bond motifs is 1. The Bertz CT molecular complexity index is 1740. The summed E-state index contributed by atoms with van der Waals surface area (Å²) in [6, 6.07) is 14.5. The van der Waals surface area contributed by atoms with Gasteiger partial charge in [-0.1, -0.05) is 24.1 Å². The monoisotopic (exact) mass is 511 g/mol. The number of hydrogen-bond acceptors (Lipinski definition) is 6. The first-order valence-electron chi connectivity index (χ1n) is 12.3. The van der Waals surface area contributed by atoms with Crippen molar-refractivity contribution in [3.05, 3.63) is 86.3 Å². The van der Waals surface area contributed by atoms with Gasteiger partial charge < -0.3 is 10.6 Å². The van der Waals surface area contributed by atoms with Crippen molar-refractivity contribution in [2.75, 3.05) is 18.0 Å². The molecule has 0 aliphatic carbocycles. The Morgan fingerprint density at radius 1 is 1.16 bits per heavy atom. The fraction of sp³-hybridized carbons (Fsp3) is 0.286. The number of nitrogens with two attached hydrogens (primary N) is 1. The zero-order valence-corrected chi connectivity index (χ0v) is 20.9. The van der Waals surface area contributed by atoms with E-state index in [1.54, 1.807) is 35.8 Å². The Hall–Kier alpha value is -4.67. The number of imidazole rings is 1. The zero-order chi connectivity index (χ0) is 26.8. The lowest BCUT2D eigenvalue weighted by atomic mass is 10.1. The summed E-state index contributed by atoms with van der Waals surface area (Å²) in [5, 5.41) is 9.55. The van der Waals surface area contributed by atoms with Crippen molar-refractivity contribution in [2.24, 2.45) is 5.73 Å². The highest BCUT2D eigenvalue weighted by molar-refractivity contribution is 5.77. The number of para-hydroxylation sites is 1. The predicted octanol–water partition coefficient (Wildman–Crippen LogP) is 2.36. The summed E-state index contributed by atoms with van der Waals surface area (Å²) in [4.78, 5) is 34.7. The van der Waals surface area contributed by atoms with Crippen LogP contribution in [-0.4, -0.2) is 37.8 Å². The molecule has 2 aromatic carbocycles. The Morgan fingerprint density at radius 2 is 1.95 bits per heavy atom. The average Bonchev–Trinajstić information content (AvgIpc) is 3.30. The Labute approximate surface area is 218 Å². The molecule has 0 radical (unpaired) electrons. The first-order chi connectivity index (χ1) is 18.4. The third-order valence-electron chi connectivity index (χ3n) is 6.70. The van der Waals surface area contributed by atoms with E-state index in [1.165, 1.54) is 22.8 Å². The van der Waals surface area contributed by atoms with Gasteiger partial charge in [0.1, 0.15) is 5.82 Å². The van der Waals surface area contributed by atoms with E-state index in [1.807, 2.05) is 17.0 Å². The normalized spacial score (nSPS) is 15.2. The number of nitrogens with zero attached hydrogens (tertiary/aromatic N) is 6. The molecule has 2 aromatic heterocycles. The topological polar surface area (TPSA) is 115 Å². The Balaban J connectivity index is 1.84. The number of aromatic nitrogens is 4. The molecule has 0 saturated carbocycles. The van der Waals surface area contributed by atoms with Crippen LogP contribution in [0.2, 0.25) is 0 Å². The molecule has 0 amide bonds. The van der Waals surface area contributed by atoms with Crippen molar-refractivity contribution in [3.63, 3.8) is 0 Å². The molecule has 1 fully saturated rings. The molecule has 9 nitrogen and oxygen atoms in total. The lowest BCUT2D eigenvalue weighted by Gasteiger charge is -2.31. The van der Waals surface area contributed by atoms with Crippen LogP contribution in [0.3, 0.4) is 0 Å². The number of nitriles is 1. The molecule has 4 aromatic rings. The van der Waals surface area contributed by atoms with Gasteiger partial charge in [0.05, 0.1) is 30.4 Å². The number of rotatable bonds is 5. The van der Waals surface area contributed by atoms with Gasteiger partial charge in [0.25, 0.3) is 5.56 Å². The van der Waals surface area contributed by atoms with Crippen LogP contribution in [0.15, 0.2) is 58.1 Å². The van der Waals surface area contributed by atoms with Crippen LogP contribution >= 0.6 is 0 Å². The van der Waals surface area contributed by atoms with Crippen molar-refractivity contribution < 1.29 is 4.39 Å². The maximum Gasteiger partial charge on any atom is 0.337 e. The second-order valence-electron chi connectivity index (χ2n) is 9.20. The lowest BCUT2D eigenvalue weighted by Crippen LogP contribution is -2.44. The standard InChI is InChI=1S/C28H26FN7O2/c1-2-3-14-34-24-25(32-27(34)33-13-7-8-22(31)18-33)36(23-9-5-4-6-10-23)28(38)35(26(24)37)17-20-15-21(29)12-11-19(20)16-30/h4-6,9-12,15,22H,7-8,13-14,17-18,31H2,1H3. The third-order valence-corrected chi connectivity index (χ3v) is 6.70. The van der Waals surface area contributed by atoms with Crippen LogP contribution in [0.5, 0.6) is 0 Å². The second kappa shape index (κ2) is 10.4. The third kappa shape index (κ3) is 4.47. The van der Waals surface area contributed by atoms with Crippen LogP contribution in [0.4, 0.5) is 10.3 Å². The van der Waals surface area contributed by atoms with Crippen LogP contribution < -0.4 is 21.9 Å². The van der Waals surface area contributed by atoms with E-state index in [0.717, 1.165) is 17.4 Å². The highest BCUT2D eigenvalue weighted by atomic mass is 19.1. The quantitative estimate of drug-likeness (QED) is 0.412. The average molecular weight is 512 g/mol. The maximum absolute atomic E-state index is 14.1. The van der Waals surface area contributed by atoms with Gasteiger partial charge in [-0.25, -0.2) is 13.8 Å². The molecule has 192 valence electrons. The summed E-state index contributed by atoms with van der Waals surface area (Å²) in [5.41, 5.74) is 6.33. The summed E-state index contributed by atoms with van der Waals surface area (Å²) in [6.45, 7) is 2.87. The SMILES string of the molecule is CC#CCn1c(N2CCCC(N)C2)nc2c1c(=O)n(Cc1cc(F)ccc1C#N)c(=O)n2-c1ccccc1. The van der Waals surface area contributed by atoms with E-state index in [-0.39, 0.29) is 41.4 Å². The van der Waals surface area contributed by atoms with Crippen LogP contribution in [0, 0.1) is 29.0 Å². The molecule has 0 spiro atoms. The molecule has 1 aliphatic heterocycles. The van der Waals surface area contributed by atoms with Crippen LogP contribution in [-0.2, 0) is 13.1 Å². The summed E-state index contributed by atoms with van der Waals surface area (Å²) in [5.74, 6) is 5.83. The van der Waals surface area contributed by atoms with Gasteiger partial charge in [0.15, 0.2) is 11.2 Å². The minimum Gasteiger partial charge on any atom is -0.341 e. The first-order valence-corrected chi connectivity index (χ1v) is 12.3. The van der Waals surface area contributed by atoms with Crippen molar-refractivity contribution in [1.82, 2.24) is 18.7 Å². The van der Waals surface area contributed by atoms with Gasteiger partial charge >= 0.3 is 5.69 Å². The molecule has 5 rings (SSSR count). The predicted molar refractivity (Wildman–Crippen MR) is 143 cm³/mol. The van der Waals surface area contributed by atoms with E-state index in [2.05, 4.69) is 11.8 Å². The molecule has 0 bridgehead atoms. The summed E-state index contributed by atoms with van der Waals surface area (Å²) in [6.07, 6.45) is 1.76. The minimum absolute atomic E-state index is 0.0420. The molecule has 10 heteroatoms. The van der Waals surface area contributed by atoms with Crippen molar-refractivity contribution in [3.8, 4) is 23.6 Å².